The summed E-state index contributed by atoms with van der Waals surface area (Å²) in [4.78, 5) is 27.2. The van der Waals surface area contributed by atoms with E-state index in [1.165, 1.54) is 69.5 Å². The molecule has 0 aromatic carbocycles. The van der Waals surface area contributed by atoms with Gasteiger partial charge in [0.25, 0.3) is 0 Å². The van der Waals surface area contributed by atoms with Gasteiger partial charge in [-0.1, -0.05) is 76.5 Å². The number of aromatic nitrogens is 4. The number of hydrogen-bond donors (Lipinski definition) is 1. The number of nitrogens with zero attached hydrogens (tertiary/aromatic N) is 3. The fourth-order valence-corrected chi connectivity index (χ4v) is 3.55. The quantitative estimate of drug-likeness (QED) is 0.218. The van der Waals surface area contributed by atoms with Gasteiger partial charge >= 0.3 is 5.97 Å². The van der Waals surface area contributed by atoms with E-state index in [2.05, 4.69) is 26.9 Å². The molecule has 2 aromatic rings. The van der Waals surface area contributed by atoms with Gasteiger partial charge in [0.15, 0.2) is 5.65 Å². The maximum Gasteiger partial charge on any atom is 0.316 e. The second-order valence-corrected chi connectivity index (χ2v) is 7.44. The first-order chi connectivity index (χ1) is 12.8. The Morgan fingerprint density at radius 1 is 1.00 bits per heavy atom. The number of H-pyrrole nitrogens is 1. The molecule has 0 bridgehead atoms. The van der Waals surface area contributed by atoms with Crippen LogP contribution in [0, 0.1) is 0 Å². The highest BCUT2D eigenvalue weighted by atomic mass is 32.2. The molecule has 1 N–H and O–H groups in total. The smallest absolute Gasteiger partial charge is 0.316 e. The summed E-state index contributed by atoms with van der Waals surface area (Å²) in [5, 5.41) is 0.725. The first-order valence-corrected chi connectivity index (χ1v) is 10.7. The van der Waals surface area contributed by atoms with Crippen molar-refractivity contribution in [2.45, 2.75) is 76.2 Å². The molecule has 0 aliphatic heterocycles. The third-order valence-corrected chi connectivity index (χ3v) is 5.24. The molecule has 6 nitrogen and oxygen atoms in total. The van der Waals surface area contributed by atoms with Crippen LogP contribution in [0.1, 0.15) is 71.1 Å². The third-order valence-electron chi connectivity index (χ3n) is 4.28. The number of unbranched alkanes of at least 4 members (excludes halogenated alkanes) is 9. The molecule has 0 saturated heterocycles. The molecule has 0 fully saturated rings. The molecular weight excluding hydrogens is 348 g/mol. The van der Waals surface area contributed by atoms with Gasteiger partial charge in [0, 0.05) is 0 Å². The lowest BCUT2D eigenvalue weighted by Crippen LogP contribution is -2.08. The zero-order chi connectivity index (χ0) is 18.5. The van der Waals surface area contributed by atoms with Gasteiger partial charge < -0.3 is 9.72 Å². The van der Waals surface area contributed by atoms with Crippen molar-refractivity contribution in [1.29, 1.82) is 0 Å². The molecular formula is C19H30N4O2S. The van der Waals surface area contributed by atoms with Crippen LogP contribution in [-0.4, -0.2) is 38.3 Å². The van der Waals surface area contributed by atoms with Crippen LogP contribution in [0.5, 0.6) is 0 Å². The van der Waals surface area contributed by atoms with Crippen LogP contribution in [0.15, 0.2) is 17.7 Å². The number of imidazole rings is 1. The van der Waals surface area contributed by atoms with Gasteiger partial charge in [0.2, 0.25) is 0 Å². The molecule has 0 radical (unpaired) electrons. The van der Waals surface area contributed by atoms with Gasteiger partial charge in [-0.3, -0.25) is 4.79 Å². The van der Waals surface area contributed by atoms with Crippen molar-refractivity contribution in [3.05, 3.63) is 12.7 Å². The third kappa shape index (κ3) is 7.72. The Morgan fingerprint density at radius 2 is 1.69 bits per heavy atom. The normalized spacial score (nSPS) is 11.1. The average molecular weight is 379 g/mol. The fourth-order valence-electron chi connectivity index (χ4n) is 2.80. The molecule has 0 spiro atoms. The first kappa shape index (κ1) is 20.7. The highest BCUT2D eigenvalue weighted by Gasteiger charge is 2.10. The minimum absolute atomic E-state index is 0.197. The Bertz CT molecular complexity index is 647. The van der Waals surface area contributed by atoms with E-state index >= 15 is 0 Å². The zero-order valence-electron chi connectivity index (χ0n) is 15.7. The van der Waals surface area contributed by atoms with Crippen molar-refractivity contribution >= 4 is 28.9 Å². The fraction of sp³-hybridized carbons (Fsp3) is 0.684. The maximum atomic E-state index is 11.8. The van der Waals surface area contributed by atoms with E-state index in [0.717, 1.165) is 23.4 Å². The molecule has 0 atom stereocenters. The number of nitrogens with one attached hydrogen (secondary N) is 1. The molecule has 2 rings (SSSR count). The summed E-state index contributed by atoms with van der Waals surface area (Å²) in [7, 11) is 0. The molecule has 0 saturated carbocycles. The summed E-state index contributed by atoms with van der Waals surface area (Å²) < 4.78 is 5.30. The number of carbonyl (C=O) groups is 1. The Labute approximate surface area is 159 Å². The lowest BCUT2D eigenvalue weighted by atomic mass is 10.1. The van der Waals surface area contributed by atoms with E-state index < -0.39 is 0 Å². The highest BCUT2D eigenvalue weighted by Crippen LogP contribution is 2.21. The van der Waals surface area contributed by atoms with Crippen molar-refractivity contribution in [2.75, 3.05) is 12.4 Å². The van der Waals surface area contributed by atoms with Crippen LogP contribution < -0.4 is 0 Å². The second kappa shape index (κ2) is 12.7. The zero-order valence-corrected chi connectivity index (χ0v) is 16.5. The van der Waals surface area contributed by atoms with Crippen molar-refractivity contribution < 1.29 is 9.53 Å². The SMILES string of the molecule is CCCCCCCCCCCCOC(=O)CSc1ncnc2nc[nH]c12. The Balaban J connectivity index is 1.46. The monoisotopic (exact) mass is 378 g/mol. The highest BCUT2D eigenvalue weighted by molar-refractivity contribution is 8.00. The lowest BCUT2D eigenvalue weighted by molar-refractivity contribution is -0.140. The average Bonchev–Trinajstić information content (AvgIpc) is 3.14. The van der Waals surface area contributed by atoms with Crippen molar-refractivity contribution in [3.63, 3.8) is 0 Å². The Morgan fingerprint density at radius 3 is 2.42 bits per heavy atom. The van der Waals surface area contributed by atoms with Crippen molar-refractivity contribution in [1.82, 2.24) is 19.9 Å². The molecule has 26 heavy (non-hydrogen) atoms. The van der Waals surface area contributed by atoms with E-state index in [1.807, 2.05) is 0 Å². The van der Waals surface area contributed by atoms with Crippen molar-refractivity contribution in [2.24, 2.45) is 0 Å². The second-order valence-electron chi connectivity index (χ2n) is 6.47. The van der Waals surface area contributed by atoms with E-state index in [4.69, 9.17) is 4.74 Å². The minimum Gasteiger partial charge on any atom is -0.465 e. The van der Waals surface area contributed by atoms with Crippen LogP contribution >= 0.6 is 11.8 Å². The first-order valence-electron chi connectivity index (χ1n) is 9.73. The van der Waals surface area contributed by atoms with E-state index in [-0.39, 0.29) is 11.7 Å². The number of esters is 1. The summed E-state index contributed by atoms with van der Waals surface area (Å²) in [6.45, 7) is 2.76. The standard InChI is InChI=1S/C19H30N4O2S/c1-2-3-4-5-6-7-8-9-10-11-12-25-16(24)13-26-19-17-18(21-14-20-17)22-15-23-19/h14-15H,2-13H2,1H3,(H,20,21,22,23). The molecule has 0 aliphatic rings. The summed E-state index contributed by atoms with van der Waals surface area (Å²) >= 11 is 1.35. The summed E-state index contributed by atoms with van der Waals surface area (Å²) in [6, 6.07) is 0. The molecule has 0 unspecified atom stereocenters. The largest absolute Gasteiger partial charge is 0.465 e. The molecule has 0 aliphatic carbocycles. The van der Waals surface area contributed by atoms with Gasteiger partial charge in [-0.15, -0.1) is 0 Å². The van der Waals surface area contributed by atoms with E-state index in [1.54, 1.807) is 6.33 Å². The van der Waals surface area contributed by atoms with Crippen LogP contribution in [0.25, 0.3) is 11.2 Å². The summed E-state index contributed by atoms with van der Waals surface area (Å²) in [5.74, 6) is 0.0558. The van der Waals surface area contributed by atoms with E-state index in [9.17, 15) is 4.79 Å². The van der Waals surface area contributed by atoms with E-state index in [0.29, 0.717) is 12.3 Å². The van der Waals surface area contributed by atoms with Crippen LogP contribution in [0.2, 0.25) is 0 Å². The number of hydrogen-bond acceptors (Lipinski definition) is 6. The molecule has 2 heterocycles. The minimum atomic E-state index is -0.197. The summed E-state index contributed by atoms with van der Waals surface area (Å²) in [5.41, 5.74) is 1.38. The predicted molar refractivity (Wildman–Crippen MR) is 105 cm³/mol. The van der Waals surface area contributed by atoms with Crippen molar-refractivity contribution in [3.8, 4) is 0 Å². The van der Waals surface area contributed by atoms with Gasteiger partial charge in [0.1, 0.15) is 16.9 Å². The van der Waals surface area contributed by atoms with Gasteiger partial charge in [-0.25, -0.2) is 15.0 Å². The van der Waals surface area contributed by atoms with Gasteiger partial charge in [-0.2, -0.15) is 0 Å². The molecule has 2 aromatic heterocycles. The lowest BCUT2D eigenvalue weighted by Gasteiger charge is -2.05. The maximum absolute atomic E-state index is 11.8. The molecule has 144 valence electrons. The predicted octanol–water partition coefficient (Wildman–Crippen LogP) is 4.91. The Kier molecular flexibility index (Phi) is 10.1. The van der Waals surface area contributed by atoms with Gasteiger partial charge in [-0.05, 0) is 6.42 Å². The molecule has 0 amide bonds. The number of carbonyl (C=O) groups excluding carboxylic acids is 1. The topological polar surface area (TPSA) is 80.8 Å². The Hall–Kier alpha value is -1.63. The van der Waals surface area contributed by atoms with Crippen LogP contribution in [-0.2, 0) is 9.53 Å². The number of ether oxygens (including phenoxy) is 1. The van der Waals surface area contributed by atoms with Gasteiger partial charge in [0.05, 0.1) is 18.7 Å². The molecule has 7 heteroatoms. The number of fused-ring (bicyclic) bond motifs is 1. The van der Waals surface area contributed by atoms with Crippen LogP contribution in [0.3, 0.4) is 0 Å². The number of thioether (sulfide) groups is 1. The number of aromatic amines is 1. The summed E-state index contributed by atoms with van der Waals surface area (Å²) in [6.07, 6.45) is 15.8. The van der Waals surface area contributed by atoms with Crippen LogP contribution in [0.4, 0.5) is 0 Å². The number of rotatable bonds is 14.